The lowest BCUT2D eigenvalue weighted by molar-refractivity contribution is 1.08. The van der Waals surface area contributed by atoms with Crippen LogP contribution in [0, 0.1) is 13.8 Å². The number of aromatic nitrogens is 2. The number of halogens is 1. The van der Waals surface area contributed by atoms with Crippen molar-refractivity contribution < 1.29 is 0 Å². The molecule has 0 aliphatic rings. The second-order valence-electron chi connectivity index (χ2n) is 4.81. The van der Waals surface area contributed by atoms with Crippen LogP contribution in [0.15, 0.2) is 40.4 Å². The SMILES string of the molecule is Cc1ccc2nc(Sc3c(C)cc(N)cc3Cl)[nH]c2c1. The molecule has 5 heteroatoms. The molecule has 0 spiro atoms. The van der Waals surface area contributed by atoms with Crippen LogP contribution in [0.4, 0.5) is 5.69 Å². The Morgan fingerprint density at radius 3 is 2.75 bits per heavy atom. The highest BCUT2D eigenvalue weighted by Crippen LogP contribution is 2.36. The molecule has 2 aromatic carbocycles. The van der Waals surface area contributed by atoms with Crippen molar-refractivity contribution in [3.05, 3.63) is 46.5 Å². The highest BCUT2D eigenvalue weighted by atomic mass is 35.5. The summed E-state index contributed by atoms with van der Waals surface area (Å²) in [6, 6.07) is 9.84. The Labute approximate surface area is 126 Å². The van der Waals surface area contributed by atoms with Crippen LogP contribution in [-0.2, 0) is 0 Å². The average molecular weight is 304 g/mol. The van der Waals surface area contributed by atoms with Crippen LogP contribution in [0.1, 0.15) is 11.1 Å². The standard InChI is InChI=1S/C15H14ClN3S/c1-8-3-4-12-13(5-8)19-15(18-12)20-14-9(2)6-10(17)7-11(14)16/h3-7H,17H2,1-2H3,(H,18,19). The van der Waals surface area contributed by atoms with Crippen molar-refractivity contribution >= 4 is 40.1 Å². The van der Waals surface area contributed by atoms with Crippen LogP contribution in [0.5, 0.6) is 0 Å². The number of H-pyrrole nitrogens is 1. The second-order valence-corrected chi connectivity index (χ2v) is 6.22. The first-order valence-electron chi connectivity index (χ1n) is 6.23. The molecule has 0 aliphatic heterocycles. The maximum Gasteiger partial charge on any atom is 0.171 e. The fraction of sp³-hybridized carbons (Fsp3) is 0.133. The summed E-state index contributed by atoms with van der Waals surface area (Å²) in [7, 11) is 0. The molecule has 1 aromatic heterocycles. The number of anilines is 1. The van der Waals surface area contributed by atoms with Crippen molar-refractivity contribution in [1.29, 1.82) is 0 Å². The predicted molar refractivity (Wildman–Crippen MR) is 85.6 cm³/mol. The molecular formula is C15H14ClN3S. The van der Waals surface area contributed by atoms with E-state index in [1.165, 1.54) is 17.3 Å². The smallest absolute Gasteiger partial charge is 0.171 e. The van der Waals surface area contributed by atoms with Gasteiger partial charge in [0.1, 0.15) is 0 Å². The molecule has 0 unspecified atom stereocenters. The van der Waals surface area contributed by atoms with E-state index in [1.807, 2.05) is 19.1 Å². The lowest BCUT2D eigenvalue weighted by Crippen LogP contribution is -1.89. The van der Waals surface area contributed by atoms with Crippen LogP contribution in [0.2, 0.25) is 5.02 Å². The van der Waals surface area contributed by atoms with Crippen molar-refractivity contribution in [3.8, 4) is 0 Å². The van der Waals surface area contributed by atoms with Gasteiger partial charge in [-0.25, -0.2) is 4.98 Å². The third kappa shape index (κ3) is 2.49. The number of nitrogens with two attached hydrogens (primary N) is 1. The van der Waals surface area contributed by atoms with Gasteiger partial charge in [0.25, 0.3) is 0 Å². The highest BCUT2D eigenvalue weighted by Gasteiger charge is 2.11. The van der Waals surface area contributed by atoms with E-state index in [-0.39, 0.29) is 0 Å². The van der Waals surface area contributed by atoms with Gasteiger partial charge in [0.05, 0.1) is 16.1 Å². The summed E-state index contributed by atoms with van der Waals surface area (Å²) >= 11 is 7.79. The largest absolute Gasteiger partial charge is 0.399 e. The summed E-state index contributed by atoms with van der Waals surface area (Å²) in [6.45, 7) is 4.06. The van der Waals surface area contributed by atoms with Gasteiger partial charge in [0.2, 0.25) is 0 Å². The van der Waals surface area contributed by atoms with Crippen molar-refractivity contribution in [1.82, 2.24) is 9.97 Å². The van der Waals surface area contributed by atoms with E-state index in [0.717, 1.165) is 26.6 Å². The molecule has 3 nitrogen and oxygen atoms in total. The van der Waals surface area contributed by atoms with Gasteiger partial charge in [-0.1, -0.05) is 17.7 Å². The Kier molecular flexibility index (Phi) is 3.36. The normalized spacial score (nSPS) is 11.2. The summed E-state index contributed by atoms with van der Waals surface area (Å²) < 4.78 is 0. The summed E-state index contributed by atoms with van der Waals surface area (Å²) in [6.07, 6.45) is 0. The molecule has 0 aliphatic carbocycles. The third-order valence-electron chi connectivity index (χ3n) is 3.07. The predicted octanol–water partition coefficient (Wildman–Crippen LogP) is 4.57. The Morgan fingerprint density at radius 2 is 2.00 bits per heavy atom. The zero-order valence-corrected chi connectivity index (χ0v) is 12.8. The van der Waals surface area contributed by atoms with E-state index in [2.05, 4.69) is 29.0 Å². The van der Waals surface area contributed by atoms with Gasteiger partial charge in [-0.3, -0.25) is 0 Å². The van der Waals surface area contributed by atoms with E-state index in [1.54, 1.807) is 6.07 Å². The molecule has 0 saturated carbocycles. The molecule has 0 saturated heterocycles. The van der Waals surface area contributed by atoms with E-state index >= 15 is 0 Å². The lowest BCUT2D eigenvalue weighted by atomic mass is 10.2. The Hall–Kier alpha value is -1.65. The van der Waals surface area contributed by atoms with Gasteiger partial charge in [-0.05, 0) is 61.0 Å². The molecule has 3 aromatic rings. The fourth-order valence-electron chi connectivity index (χ4n) is 2.13. The monoisotopic (exact) mass is 303 g/mol. The Morgan fingerprint density at radius 1 is 1.20 bits per heavy atom. The first kappa shape index (κ1) is 13.3. The molecule has 0 radical (unpaired) electrons. The van der Waals surface area contributed by atoms with Crippen LogP contribution in [-0.4, -0.2) is 9.97 Å². The van der Waals surface area contributed by atoms with Crippen LogP contribution in [0.25, 0.3) is 11.0 Å². The van der Waals surface area contributed by atoms with Crippen molar-refractivity contribution in [3.63, 3.8) is 0 Å². The molecule has 102 valence electrons. The number of nitrogens with one attached hydrogen (secondary N) is 1. The molecule has 0 atom stereocenters. The van der Waals surface area contributed by atoms with Crippen LogP contribution >= 0.6 is 23.4 Å². The molecular weight excluding hydrogens is 290 g/mol. The fourth-order valence-corrected chi connectivity index (χ4v) is 3.40. The number of hydrogen-bond donors (Lipinski definition) is 2. The molecule has 20 heavy (non-hydrogen) atoms. The molecule has 0 fully saturated rings. The summed E-state index contributed by atoms with van der Waals surface area (Å²) in [5.41, 5.74) is 10.7. The van der Waals surface area contributed by atoms with E-state index in [0.29, 0.717) is 10.7 Å². The first-order chi connectivity index (χ1) is 9.52. The number of nitrogen functional groups attached to an aromatic ring is 1. The van der Waals surface area contributed by atoms with Crippen molar-refractivity contribution in [2.45, 2.75) is 23.9 Å². The van der Waals surface area contributed by atoms with Crippen LogP contribution in [0.3, 0.4) is 0 Å². The summed E-state index contributed by atoms with van der Waals surface area (Å²) in [5.74, 6) is 0. The topological polar surface area (TPSA) is 54.7 Å². The molecule has 0 amide bonds. The van der Waals surface area contributed by atoms with Gasteiger partial charge in [-0.15, -0.1) is 0 Å². The van der Waals surface area contributed by atoms with Crippen molar-refractivity contribution in [2.75, 3.05) is 5.73 Å². The van der Waals surface area contributed by atoms with Crippen molar-refractivity contribution in [2.24, 2.45) is 0 Å². The number of benzene rings is 2. The third-order valence-corrected chi connectivity index (χ3v) is 4.61. The van der Waals surface area contributed by atoms with Gasteiger partial charge in [0, 0.05) is 10.6 Å². The number of imidazole rings is 1. The zero-order chi connectivity index (χ0) is 14.3. The number of rotatable bonds is 2. The summed E-state index contributed by atoms with van der Waals surface area (Å²) in [4.78, 5) is 8.87. The second kappa shape index (κ2) is 5.04. The Balaban J connectivity index is 2.01. The molecule has 1 heterocycles. The number of nitrogens with zero attached hydrogens (tertiary/aromatic N) is 1. The number of hydrogen-bond acceptors (Lipinski definition) is 3. The van der Waals surface area contributed by atoms with Gasteiger partial charge >= 0.3 is 0 Å². The van der Waals surface area contributed by atoms with E-state index < -0.39 is 0 Å². The van der Waals surface area contributed by atoms with Gasteiger partial charge in [0.15, 0.2) is 5.16 Å². The zero-order valence-electron chi connectivity index (χ0n) is 11.2. The quantitative estimate of drug-likeness (QED) is 0.682. The highest BCUT2D eigenvalue weighted by molar-refractivity contribution is 7.99. The minimum atomic E-state index is 0.657. The number of aromatic amines is 1. The first-order valence-corrected chi connectivity index (χ1v) is 7.42. The average Bonchev–Trinajstić information content (AvgIpc) is 2.75. The Bertz CT molecular complexity index is 772. The van der Waals surface area contributed by atoms with E-state index in [9.17, 15) is 0 Å². The molecule has 3 N–H and O–H groups in total. The minimum Gasteiger partial charge on any atom is -0.399 e. The van der Waals surface area contributed by atoms with Crippen LogP contribution < -0.4 is 5.73 Å². The number of aryl methyl sites for hydroxylation is 2. The molecule has 0 bridgehead atoms. The lowest BCUT2D eigenvalue weighted by Gasteiger charge is -2.07. The maximum atomic E-state index is 6.27. The summed E-state index contributed by atoms with van der Waals surface area (Å²) in [5, 5.41) is 1.49. The molecule has 3 rings (SSSR count). The number of fused-ring (bicyclic) bond motifs is 1. The van der Waals surface area contributed by atoms with Gasteiger partial charge in [-0.2, -0.15) is 0 Å². The maximum absolute atomic E-state index is 6.27. The van der Waals surface area contributed by atoms with Gasteiger partial charge < -0.3 is 10.7 Å². The van der Waals surface area contributed by atoms with E-state index in [4.69, 9.17) is 17.3 Å². The minimum absolute atomic E-state index is 0.657.